The molecule has 9 aromatic rings. The van der Waals surface area contributed by atoms with Crippen LogP contribution < -0.4 is 31.5 Å². The van der Waals surface area contributed by atoms with Gasteiger partial charge in [-0.25, -0.2) is 0 Å². The number of fused-ring (bicyclic) bond motifs is 3. The van der Waals surface area contributed by atoms with Gasteiger partial charge in [-0.3, -0.25) is 9.97 Å². The number of aromatic nitrogens is 2. The molecule has 412 valence electrons. The van der Waals surface area contributed by atoms with Gasteiger partial charge in [0.15, 0.2) is 0 Å². The molecule has 2 aromatic heterocycles. The Morgan fingerprint density at radius 3 is 0.705 bits per heavy atom. The molecule has 9 rings (SSSR count). The molecule has 0 bridgehead atoms. The minimum Gasteiger partial charge on any atom is -0.872 e. The Balaban J connectivity index is 0.000000222. The standard InChI is InChI=1S/2C27H35N3.C14H10O2.2Co/c2*1-18(2)22-12-7-9-14-26(22)28-20(5)24-16-11-17-25(30-24)21(6)29-27-15-10-8-13-23(27)19(3)4;15-13-11-7-3-1-5-9(11)10-6-2-4-8-12(10)14(13)16;;/h2*7-21,28-29H,1-6H3;1-8,15-16H;;/p-2. The first-order chi connectivity index (χ1) is 36.5. The Bertz CT molecular complexity index is 2950. The van der Waals surface area contributed by atoms with Crippen LogP contribution in [0, 0.1) is 0 Å². The minimum absolute atomic E-state index is 0. The molecule has 0 aliphatic heterocycles. The van der Waals surface area contributed by atoms with Gasteiger partial charge >= 0.3 is 0 Å². The summed E-state index contributed by atoms with van der Waals surface area (Å²) in [5, 5.41) is 41.0. The van der Waals surface area contributed by atoms with Crippen LogP contribution in [0.15, 0.2) is 182 Å². The van der Waals surface area contributed by atoms with Gasteiger partial charge in [-0.15, -0.1) is 11.5 Å². The van der Waals surface area contributed by atoms with E-state index in [4.69, 9.17) is 9.97 Å². The maximum atomic E-state index is 11.8. The van der Waals surface area contributed by atoms with Gasteiger partial charge in [-0.1, -0.05) is 189 Å². The Morgan fingerprint density at radius 2 is 0.474 bits per heavy atom. The molecule has 2 radical (unpaired) electrons. The van der Waals surface area contributed by atoms with E-state index in [9.17, 15) is 10.2 Å². The second-order valence-electron chi connectivity index (χ2n) is 21.2. The fraction of sp³-hybridized carbons (Fsp3) is 0.294. The predicted molar refractivity (Wildman–Crippen MR) is 319 cm³/mol. The molecule has 0 aliphatic carbocycles. The van der Waals surface area contributed by atoms with Gasteiger partial charge in [0, 0.05) is 56.3 Å². The van der Waals surface area contributed by atoms with Crippen LogP contribution >= 0.6 is 0 Å². The number of nitrogens with one attached hydrogen (secondary N) is 4. The summed E-state index contributed by atoms with van der Waals surface area (Å²) in [6, 6.07) is 61.7. The van der Waals surface area contributed by atoms with E-state index in [1.165, 1.54) is 45.0 Å². The largest absolute Gasteiger partial charge is 0.872 e. The average molecular weight is 1130 g/mol. The normalized spacial score (nSPS) is 12.5. The molecule has 0 spiro atoms. The first kappa shape index (κ1) is 62.0. The van der Waals surface area contributed by atoms with E-state index in [1.807, 2.05) is 24.3 Å². The zero-order valence-corrected chi connectivity index (χ0v) is 49.4. The van der Waals surface area contributed by atoms with E-state index in [2.05, 4.69) is 238 Å². The Labute approximate surface area is 485 Å². The molecule has 4 unspecified atom stereocenters. The van der Waals surface area contributed by atoms with Crippen LogP contribution in [-0.4, -0.2) is 9.97 Å². The summed E-state index contributed by atoms with van der Waals surface area (Å²) in [5.41, 5.74) is 14.3. The molecule has 4 atom stereocenters. The van der Waals surface area contributed by atoms with Crippen LogP contribution in [0.4, 0.5) is 22.7 Å². The summed E-state index contributed by atoms with van der Waals surface area (Å²) in [6.45, 7) is 26.5. The molecule has 0 saturated heterocycles. The van der Waals surface area contributed by atoms with Gasteiger partial charge in [0.2, 0.25) is 0 Å². The molecular formula is C68H78Co2N6O2-2. The van der Waals surface area contributed by atoms with Crippen molar-refractivity contribution in [2.75, 3.05) is 21.3 Å². The second kappa shape index (κ2) is 29.2. The quantitative estimate of drug-likeness (QED) is 0.0707. The van der Waals surface area contributed by atoms with Crippen LogP contribution in [-0.2, 0) is 33.6 Å². The van der Waals surface area contributed by atoms with Crippen molar-refractivity contribution < 1.29 is 43.8 Å². The first-order valence-electron chi connectivity index (χ1n) is 27.1. The third-order valence-corrected chi connectivity index (χ3v) is 14.0. The number of anilines is 4. The number of pyridine rings is 2. The van der Waals surface area contributed by atoms with Crippen LogP contribution in [0.2, 0.25) is 0 Å². The fourth-order valence-corrected chi connectivity index (χ4v) is 9.74. The number of nitrogens with zero attached hydrogens (tertiary/aromatic N) is 2. The summed E-state index contributed by atoms with van der Waals surface area (Å²) in [6.07, 6.45) is 0. The molecular weight excluding hydrogens is 1050 g/mol. The molecule has 7 aromatic carbocycles. The van der Waals surface area contributed by atoms with Crippen molar-refractivity contribution in [3.05, 3.63) is 227 Å². The van der Waals surface area contributed by atoms with E-state index in [1.54, 1.807) is 24.3 Å². The molecule has 0 saturated carbocycles. The van der Waals surface area contributed by atoms with Crippen molar-refractivity contribution in [2.24, 2.45) is 0 Å². The van der Waals surface area contributed by atoms with Gasteiger partial charge in [0.25, 0.3) is 0 Å². The van der Waals surface area contributed by atoms with Gasteiger partial charge in [0.05, 0.1) is 46.9 Å². The SMILES string of the molecule is CC(C)c1ccccc1NC(C)c1cccc(C(C)Nc2ccccc2C(C)C)n1.CC(C)c1ccccc1NC(C)c1cccc(C(C)Nc2ccccc2C(C)C)n1.[Co].[Co].[O-]c1c([O-])c2ccccc2c2ccccc12. The maximum absolute atomic E-state index is 11.8. The first-order valence-corrected chi connectivity index (χ1v) is 27.1. The summed E-state index contributed by atoms with van der Waals surface area (Å²) in [4.78, 5) is 9.98. The van der Waals surface area contributed by atoms with Gasteiger partial charge < -0.3 is 31.5 Å². The minimum atomic E-state index is -0.408. The molecule has 2 heterocycles. The Kier molecular flexibility index (Phi) is 23.2. The van der Waals surface area contributed by atoms with E-state index in [0.29, 0.717) is 34.4 Å². The summed E-state index contributed by atoms with van der Waals surface area (Å²) in [7, 11) is 0. The van der Waals surface area contributed by atoms with Crippen LogP contribution in [0.5, 0.6) is 11.5 Å². The zero-order valence-electron chi connectivity index (χ0n) is 47.3. The van der Waals surface area contributed by atoms with Crippen LogP contribution in [0.1, 0.15) is 176 Å². The van der Waals surface area contributed by atoms with Crippen molar-refractivity contribution in [2.45, 2.75) is 131 Å². The summed E-state index contributed by atoms with van der Waals surface area (Å²) in [5.74, 6) is 1.09. The third-order valence-electron chi connectivity index (χ3n) is 14.0. The Hall–Kier alpha value is -6.83. The molecule has 8 nitrogen and oxygen atoms in total. The monoisotopic (exact) mass is 1130 g/mol. The van der Waals surface area contributed by atoms with Crippen molar-refractivity contribution in [3.63, 3.8) is 0 Å². The summed E-state index contributed by atoms with van der Waals surface area (Å²) >= 11 is 0. The summed E-state index contributed by atoms with van der Waals surface area (Å²) < 4.78 is 0. The molecule has 10 heteroatoms. The van der Waals surface area contributed by atoms with E-state index in [0.717, 1.165) is 33.5 Å². The van der Waals surface area contributed by atoms with Crippen molar-refractivity contribution in [3.8, 4) is 11.5 Å². The molecule has 0 aliphatic rings. The Morgan fingerprint density at radius 1 is 0.269 bits per heavy atom. The maximum Gasteiger partial charge on any atom is 0.0657 e. The number of hydrogen-bond acceptors (Lipinski definition) is 8. The van der Waals surface area contributed by atoms with Crippen LogP contribution in [0.3, 0.4) is 0 Å². The molecule has 0 amide bonds. The predicted octanol–water partition coefficient (Wildman–Crippen LogP) is 17.5. The van der Waals surface area contributed by atoms with E-state index >= 15 is 0 Å². The fourth-order valence-electron chi connectivity index (χ4n) is 9.74. The van der Waals surface area contributed by atoms with Gasteiger partial charge in [0.1, 0.15) is 0 Å². The van der Waals surface area contributed by atoms with E-state index < -0.39 is 11.5 Å². The number of para-hydroxylation sites is 4. The van der Waals surface area contributed by atoms with Crippen LogP contribution in [0.25, 0.3) is 21.5 Å². The van der Waals surface area contributed by atoms with Gasteiger partial charge in [-0.05, 0) is 144 Å². The molecule has 78 heavy (non-hydrogen) atoms. The third kappa shape index (κ3) is 15.7. The zero-order chi connectivity index (χ0) is 54.5. The molecule has 4 N–H and O–H groups in total. The smallest absolute Gasteiger partial charge is 0.0657 e. The topological polar surface area (TPSA) is 120 Å². The van der Waals surface area contributed by atoms with Crippen molar-refractivity contribution in [1.29, 1.82) is 0 Å². The molecule has 0 fully saturated rings. The second-order valence-corrected chi connectivity index (χ2v) is 21.2. The van der Waals surface area contributed by atoms with Gasteiger partial charge in [-0.2, -0.15) is 0 Å². The van der Waals surface area contributed by atoms with E-state index in [-0.39, 0.29) is 57.7 Å². The van der Waals surface area contributed by atoms with Crippen molar-refractivity contribution in [1.82, 2.24) is 9.97 Å². The number of rotatable bonds is 16. The number of benzene rings is 7. The van der Waals surface area contributed by atoms with Crippen molar-refractivity contribution >= 4 is 44.3 Å². The number of hydrogen-bond donors (Lipinski definition) is 4. The average Bonchev–Trinajstić information content (AvgIpc) is 3.45.